The van der Waals surface area contributed by atoms with Crippen molar-refractivity contribution in [2.75, 3.05) is 26.2 Å². The normalized spacial score (nSPS) is 38.9. The van der Waals surface area contributed by atoms with Gasteiger partial charge in [-0.1, -0.05) is 24.3 Å². The maximum atomic E-state index is 12.5. The number of alkyl halides is 1. The van der Waals surface area contributed by atoms with E-state index in [0.29, 0.717) is 18.7 Å². The number of hydrogen-bond acceptors (Lipinski definition) is 12. The van der Waals surface area contributed by atoms with Crippen LogP contribution in [0.5, 0.6) is 0 Å². The number of methoxy groups -OCH3 is 1. The second-order valence-electron chi connectivity index (χ2n) is 14.2. The van der Waals surface area contributed by atoms with Gasteiger partial charge in [0.15, 0.2) is 17.4 Å². The summed E-state index contributed by atoms with van der Waals surface area (Å²) < 4.78 is 14.8. The monoisotopic (exact) mass is 736 g/mol. The first-order chi connectivity index (χ1) is 23.7. The van der Waals surface area contributed by atoms with Crippen molar-refractivity contribution in [1.29, 1.82) is 0 Å². The Hall–Kier alpha value is -1.99. The van der Waals surface area contributed by atoms with Crippen LogP contribution in [0.2, 0.25) is 0 Å². The molecule has 2 aliphatic carbocycles. The first kappa shape index (κ1) is 43.4. The summed E-state index contributed by atoms with van der Waals surface area (Å²) in [6, 6.07) is 0. The van der Waals surface area contributed by atoms with Crippen LogP contribution >= 0.6 is 11.6 Å². The summed E-state index contributed by atoms with van der Waals surface area (Å²) in [5.74, 6) is -3.98. The number of halogens is 1. The van der Waals surface area contributed by atoms with Crippen molar-refractivity contribution in [3.63, 3.8) is 0 Å². The third kappa shape index (κ3) is 7.82. The number of esters is 2. The first-order valence-corrected chi connectivity index (χ1v) is 18.1. The van der Waals surface area contributed by atoms with Gasteiger partial charge in [-0.3, -0.25) is 9.59 Å². The predicted molar refractivity (Wildman–Crippen MR) is 180 cm³/mol. The van der Waals surface area contributed by atoms with Crippen molar-refractivity contribution < 1.29 is 79.2 Å². The number of carbonyl (C=O) groups excluding carboxylic acids is 4. The molecule has 0 bridgehead atoms. The summed E-state index contributed by atoms with van der Waals surface area (Å²) in [7, 11) is 1.15. The molecule has 1 unspecified atom stereocenters. The van der Waals surface area contributed by atoms with Crippen molar-refractivity contribution in [3.8, 4) is 0 Å². The van der Waals surface area contributed by atoms with Gasteiger partial charge in [0, 0.05) is 37.4 Å². The SMILES string of the molecule is COC(=O)[C@]1([C@@H](O)[C@@H]2C=CCCC2)NC(=O)[C@H](CCO)[C@]1(C)O.C[C@@]12OC(=O)[C@@]1([C@@H](O)[C@@H]1C=CCCC1)NC(=O)[C@@H]2CCCl.OC1CCCO1.[H-].[Li+]. The first-order valence-electron chi connectivity index (χ1n) is 17.5. The van der Waals surface area contributed by atoms with Gasteiger partial charge in [-0.25, -0.2) is 9.59 Å². The maximum Gasteiger partial charge on any atom is 1.00 e. The Kier molecular flexibility index (Phi) is 15.2. The fourth-order valence-corrected chi connectivity index (χ4v) is 8.58. The molecular weight excluding hydrogens is 683 g/mol. The van der Waals surface area contributed by atoms with Gasteiger partial charge in [0.1, 0.15) is 5.60 Å². The van der Waals surface area contributed by atoms with Crippen molar-refractivity contribution in [1.82, 2.24) is 10.6 Å². The molecule has 2 amide bonds. The largest absolute Gasteiger partial charge is 1.00 e. The van der Waals surface area contributed by atoms with Crippen LogP contribution in [0, 0.1) is 23.7 Å². The summed E-state index contributed by atoms with van der Waals surface area (Å²) in [5, 5.41) is 55.5. The Labute approximate surface area is 317 Å². The average Bonchev–Trinajstić information content (AvgIpc) is 3.72. The fourth-order valence-electron chi connectivity index (χ4n) is 8.36. The van der Waals surface area contributed by atoms with Crippen molar-refractivity contribution in [2.45, 2.75) is 119 Å². The minimum atomic E-state index is -1.95. The van der Waals surface area contributed by atoms with E-state index in [0.717, 1.165) is 58.7 Å². The summed E-state index contributed by atoms with van der Waals surface area (Å²) in [4.78, 5) is 49.2. The second-order valence-corrected chi connectivity index (χ2v) is 14.6. The van der Waals surface area contributed by atoms with Crippen LogP contribution in [0.25, 0.3) is 0 Å². The Balaban J connectivity index is 0.000000300. The van der Waals surface area contributed by atoms with Crippen molar-refractivity contribution in [2.24, 2.45) is 23.7 Å². The zero-order valence-corrected chi connectivity index (χ0v) is 30.8. The third-order valence-electron chi connectivity index (χ3n) is 11.3. The van der Waals surface area contributed by atoms with E-state index in [2.05, 4.69) is 10.6 Å². The summed E-state index contributed by atoms with van der Waals surface area (Å²) in [6.45, 7) is 3.48. The third-order valence-corrected chi connectivity index (χ3v) is 11.6. The standard InChI is InChI=1S/C16H25NO6.C15H20ClNO4.C4H8O2.Li.H/c1-15(22)11(8-9-18)13(20)17-16(15,14(21)23-2)12(19)10-6-4-3-5-7-10;1-14-10(7-8-16)12(19)17-15(14,13(20)21-14)11(18)9-5-3-2-4-6-9;5-4-2-1-3-6-4;;/h4,6,10-12,18-19,22H,3,5,7-9H2,1-2H3,(H,17,20);3,5,9-11,18H,2,4,6-8H2,1H3,(H,17,19);4-5H,1-3H2;;/q;;;+1;-1/t10-,11+,12+,15+,16+;9-,10+,11+,14+,15-;;;/m11.../s1. The van der Waals surface area contributed by atoms with Crippen LogP contribution in [-0.2, 0) is 33.4 Å². The van der Waals surface area contributed by atoms with Crippen LogP contribution in [0.15, 0.2) is 24.3 Å². The molecule has 0 radical (unpaired) electrons. The van der Waals surface area contributed by atoms with E-state index in [-0.39, 0.29) is 51.1 Å². The zero-order chi connectivity index (χ0) is 36.9. The Morgan fingerprint density at radius 3 is 2.00 bits per heavy atom. The Morgan fingerprint density at radius 2 is 1.57 bits per heavy atom. The van der Waals surface area contributed by atoms with Gasteiger partial charge in [-0.15, -0.1) is 11.6 Å². The molecule has 0 aromatic carbocycles. The quantitative estimate of drug-likeness (QED) is 0.0584. The number of fused-ring (bicyclic) bond motifs is 1. The van der Waals surface area contributed by atoms with Crippen molar-refractivity contribution >= 4 is 35.4 Å². The molecule has 14 nitrogen and oxygen atoms in total. The van der Waals surface area contributed by atoms with E-state index in [9.17, 15) is 34.5 Å². The molecule has 6 aliphatic rings. The van der Waals surface area contributed by atoms with E-state index in [4.69, 9.17) is 36.0 Å². The summed E-state index contributed by atoms with van der Waals surface area (Å²) in [6.07, 6.45) is 12.3. The Morgan fingerprint density at radius 1 is 0.980 bits per heavy atom. The predicted octanol–water partition coefficient (Wildman–Crippen LogP) is -2.14. The average molecular weight is 737 g/mol. The molecule has 0 saturated carbocycles. The molecule has 51 heavy (non-hydrogen) atoms. The molecule has 4 aliphatic heterocycles. The van der Waals surface area contributed by atoms with E-state index in [1.807, 2.05) is 18.2 Å². The van der Waals surface area contributed by atoms with Gasteiger partial charge < -0.3 is 51.8 Å². The topological polar surface area (TPSA) is 221 Å². The molecule has 7 N–H and O–H groups in total. The number of aliphatic hydroxyl groups excluding tert-OH is 4. The number of ether oxygens (including phenoxy) is 3. The maximum absolute atomic E-state index is 12.5. The van der Waals surface area contributed by atoms with Crippen LogP contribution < -0.4 is 29.5 Å². The van der Waals surface area contributed by atoms with Gasteiger partial charge in [-0.2, -0.15) is 0 Å². The second kappa shape index (κ2) is 17.9. The summed E-state index contributed by atoms with van der Waals surface area (Å²) >= 11 is 5.76. The number of nitrogens with one attached hydrogen (secondary N) is 2. The minimum absolute atomic E-state index is 0. The van der Waals surface area contributed by atoms with Gasteiger partial charge in [-0.05, 0) is 71.6 Å². The van der Waals surface area contributed by atoms with E-state index in [1.54, 1.807) is 13.0 Å². The smallest absolute Gasteiger partial charge is 1.00 e. The number of allylic oxidation sites excluding steroid dienone is 2. The zero-order valence-electron chi connectivity index (χ0n) is 31.0. The van der Waals surface area contributed by atoms with Crippen LogP contribution in [0.3, 0.4) is 0 Å². The molecule has 6 rings (SSSR count). The number of amides is 2. The molecule has 0 spiro atoms. The van der Waals surface area contributed by atoms with E-state index in [1.165, 1.54) is 6.92 Å². The van der Waals surface area contributed by atoms with Crippen LogP contribution in [0.4, 0.5) is 0 Å². The number of rotatable bonds is 9. The fraction of sp³-hybridized carbons (Fsp3) is 0.771. The van der Waals surface area contributed by atoms with Crippen LogP contribution in [0.1, 0.15) is 79.5 Å². The Bertz CT molecular complexity index is 1320. The molecule has 4 fully saturated rings. The van der Waals surface area contributed by atoms with Gasteiger partial charge in [0.05, 0.1) is 31.2 Å². The number of carbonyl (C=O) groups is 4. The number of aliphatic hydroxyl groups is 5. The minimum Gasteiger partial charge on any atom is -1.00 e. The molecule has 16 heteroatoms. The summed E-state index contributed by atoms with van der Waals surface area (Å²) in [5.41, 5.74) is -6.18. The molecule has 0 aromatic heterocycles. The van der Waals surface area contributed by atoms with Gasteiger partial charge in [0.25, 0.3) is 0 Å². The van der Waals surface area contributed by atoms with Gasteiger partial charge in [0.2, 0.25) is 17.4 Å². The molecule has 4 heterocycles. The molecule has 11 atom stereocenters. The number of hydrogen-bond donors (Lipinski definition) is 7. The van der Waals surface area contributed by atoms with Gasteiger partial charge >= 0.3 is 30.8 Å². The molecular formula is C35H54ClLiN2O12. The van der Waals surface area contributed by atoms with E-state index >= 15 is 0 Å². The molecule has 284 valence electrons. The molecule has 0 aromatic rings. The van der Waals surface area contributed by atoms with E-state index < -0.39 is 70.5 Å². The molecule has 4 saturated heterocycles. The van der Waals surface area contributed by atoms with Crippen LogP contribution in [-0.4, -0.2) is 116 Å². The van der Waals surface area contributed by atoms with Crippen molar-refractivity contribution in [3.05, 3.63) is 24.3 Å².